The van der Waals surface area contributed by atoms with Gasteiger partial charge in [0.25, 0.3) is 0 Å². The molecule has 0 saturated carbocycles. The van der Waals surface area contributed by atoms with Crippen LogP contribution in [-0.2, 0) is 16.2 Å². The van der Waals surface area contributed by atoms with Gasteiger partial charge in [-0.05, 0) is 24.5 Å². The molecule has 0 aliphatic carbocycles. The van der Waals surface area contributed by atoms with Crippen molar-refractivity contribution in [2.75, 3.05) is 6.26 Å². The molecule has 3 nitrogen and oxygen atoms in total. The van der Waals surface area contributed by atoms with Crippen molar-refractivity contribution in [2.24, 2.45) is 0 Å². The van der Waals surface area contributed by atoms with Crippen molar-refractivity contribution >= 4 is 10.0 Å². The molecule has 1 aromatic rings. The summed E-state index contributed by atoms with van der Waals surface area (Å²) >= 11 is 0. The van der Waals surface area contributed by atoms with E-state index in [-0.39, 0.29) is 5.56 Å². The van der Waals surface area contributed by atoms with Crippen LogP contribution in [0.25, 0.3) is 0 Å². The van der Waals surface area contributed by atoms with Crippen LogP contribution in [0.3, 0.4) is 0 Å². The second-order valence-electron chi connectivity index (χ2n) is 4.55. The first kappa shape index (κ1) is 16.0. The minimum Gasteiger partial charge on any atom is -0.213 e. The summed E-state index contributed by atoms with van der Waals surface area (Å²) in [5, 5.41) is 0. The summed E-state index contributed by atoms with van der Waals surface area (Å²) in [7, 11) is -3.46. The van der Waals surface area contributed by atoms with E-state index < -0.39 is 33.7 Å². The lowest BCUT2D eigenvalue weighted by Gasteiger charge is -2.23. The Hall–Kier alpha value is -1.08. The zero-order valence-corrected chi connectivity index (χ0v) is 11.6. The zero-order valence-electron chi connectivity index (χ0n) is 10.8. The fraction of sp³-hybridized carbons (Fsp3) is 0.500. The van der Waals surface area contributed by atoms with Gasteiger partial charge in [0.15, 0.2) is 0 Å². The van der Waals surface area contributed by atoms with Gasteiger partial charge in [-0.15, -0.1) is 0 Å². The maximum Gasteiger partial charge on any atom is 0.416 e. The third-order valence-corrected chi connectivity index (χ3v) is 3.71. The molecule has 1 rings (SSSR count). The van der Waals surface area contributed by atoms with E-state index in [1.54, 1.807) is 13.8 Å². The molecule has 0 aliphatic rings. The fourth-order valence-corrected chi connectivity index (χ4v) is 2.74. The molecule has 7 heteroatoms. The van der Waals surface area contributed by atoms with Crippen LogP contribution in [0.5, 0.6) is 0 Å². The van der Waals surface area contributed by atoms with Crippen LogP contribution in [0.4, 0.5) is 13.2 Å². The average Bonchev–Trinajstić information content (AvgIpc) is 2.24. The molecule has 0 radical (unpaired) electrons. The minimum atomic E-state index is -4.45. The van der Waals surface area contributed by atoms with Gasteiger partial charge in [-0.3, -0.25) is 0 Å². The molecule has 0 aliphatic heterocycles. The standard InChI is InChI=1S/C12H16F3NO2S/c1-8(9(2)16-19(3,17)18)10-6-4-5-7-11(10)12(13,14)15/h4-9,16H,1-3H3/t8-,9-/m1/s1. The number of rotatable bonds is 4. The van der Waals surface area contributed by atoms with Crippen LogP contribution in [0.1, 0.15) is 30.9 Å². The van der Waals surface area contributed by atoms with Gasteiger partial charge >= 0.3 is 6.18 Å². The molecule has 0 spiro atoms. The maximum atomic E-state index is 12.9. The summed E-state index contributed by atoms with van der Waals surface area (Å²) in [5.41, 5.74) is -0.650. The number of benzene rings is 1. The first-order chi connectivity index (χ1) is 8.52. The lowest BCUT2D eigenvalue weighted by molar-refractivity contribution is -0.138. The number of halogens is 3. The van der Waals surface area contributed by atoms with Crippen molar-refractivity contribution in [1.82, 2.24) is 4.72 Å². The lowest BCUT2D eigenvalue weighted by atomic mass is 9.91. The minimum absolute atomic E-state index is 0.0821. The molecule has 19 heavy (non-hydrogen) atoms. The highest BCUT2D eigenvalue weighted by molar-refractivity contribution is 7.88. The van der Waals surface area contributed by atoms with E-state index in [2.05, 4.69) is 4.72 Å². The second kappa shape index (κ2) is 5.50. The van der Waals surface area contributed by atoms with Crippen molar-refractivity contribution in [3.8, 4) is 0 Å². The van der Waals surface area contributed by atoms with Crippen LogP contribution in [0.15, 0.2) is 24.3 Å². The van der Waals surface area contributed by atoms with Gasteiger partial charge in [-0.2, -0.15) is 13.2 Å². The van der Waals surface area contributed by atoms with Gasteiger partial charge in [0.05, 0.1) is 11.8 Å². The van der Waals surface area contributed by atoms with Crippen molar-refractivity contribution in [1.29, 1.82) is 0 Å². The SMILES string of the molecule is C[C@@H](NS(C)(=O)=O)[C@@H](C)c1ccccc1C(F)(F)F. The smallest absolute Gasteiger partial charge is 0.213 e. The first-order valence-corrected chi connectivity index (χ1v) is 7.55. The van der Waals surface area contributed by atoms with E-state index in [1.807, 2.05) is 0 Å². The number of alkyl halides is 3. The lowest BCUT2D eigenvalue weighted by Crippen LogP contribution is -2.35. The third kappa shape index (κ3) is 4.50. The Labute approximate surface area is 110 Å². The van der Waals surface area contributed by atoms with Crippen LogP contribution in [0, 0.1) is 0 Å². The molecule has 2 atom stereocenters. The number of hydrogen-bond acceptors (Lipinski definition) is 2. The van der Waals surface area contributed by atoms with Gasteiger partial charge in [0.1, 0.15) is 0 Å². The van der Waals surface area contributed by atoms with Crippen molar-refractivity contribution in [3.05, 3.63) is 35.4 Å². The Kier molecular flexibility index (Phi) is 4.63. The highest BCUT2D eigenvalue weighted by Crippen LogP contribution is 2.35. The molecule has 0 saturated heterocycles. The van der Waals surface area contributed by atoms with Crippen LogP contribution < -0.4 is 4.72 Å². The normalized spacial score (nSPS) is 16.1. The first-order valence-electron chi connectivity index (χ1n) is 5.66. The molecular formula is C12H16F3NO2S. The van der Waals surface area contributed by atoms with Crippen LogP contribution in [-0.4, -0.2) is 20.7 Å². The number of nitrogens with one attached hydrogen (secondary N) is 1. The molecule has 0 heterocycles. The van der Waals surface area contributed by atoms with E-state index in [9.17, 15) is 21.6 Å². The van der Waals surface area contributed by atoms with Crippen LogP contribution >= 0.6 is 0 Å². The molecule has 0 aromatic heterocycles. The molecule has 0 amide bonds. The summed E-state index contributed by atoms with van der Waals surface area (Å²) in [6, 6.07) is 4.56. The van der Waals surface area contributed by atoms with E-state index >= 15 is 0 Å². The Morgan fingerprint density at radius 2 is 1.68 bits per heavy atom. The molecule has 0 unspecified atom stereocenters. The average molecular weight is 295 g/mol. The summed E-state index contributed by atoms with van der Waals surface area (Å²) in [6.45, 7) is 3.10. The summed E-state index contributed by atoms with van der Waals surface area (Å²) < 4.78 is 63.2. The summed E-state index contributed by atoms with van der Waals surface area (Å²) in [4.78, 5) is 0. The Morgan fingerprint density at radius 3 is 2.16 bits per heavy atom. The van der Waals surface area contributed by atoms with Crippen molar-refractivity contribution < 1.29 is 21.6 Å². The highest BCUT2D eigenvalue weighted by Gasteiger charge is 2.35. The van der Waals surface area contributed by atoms with E-state index in [4.69, 9.17) is 0 Å². The van der Waals surface area contributed by atoms with Crippen LogP contribution in [0.2, 0.25) is 0 Å². The van der Waals surface area contributed by atoms with Gasteiger partial charge in [-0.1, -0.05) is 25.1 Å². The number of hydrogen-bond donors (Lipinski definition) is 1. The van der Waals surface area contributed by atoms with Gasteiger partial charge in [0, 0.05) is 6.04 Å². The molecule has 0 bridgehead atoms. The molecule has 1 N–H and O–H groups in total. The summed E-state index contributed by atoms with van der Waals surface area (Å²) in [6.07, 6.45) is -3.47. The third-order valence-electron chi connectivity index (χ3n) is 2.91. The zero-order chi connectivity index (χ0) is 14.8. The Balaban J connectivity index is 3.10. The second-order valence-corrected chi connectivity index (χ2v) is 6.33. The van der Waals surface area contributed by atoms with E-state index in [0.717, 1.165) is 12.3 Å². The largest absolute Gasteiger partial charge is 0.416 e. The molecule has 108 valence electrons. The quantitative estimate of drug-likeness (QED) is 0.928. The molecular weight excluding hydrogens is 279 g/mol. The monoisotopic (exact) mass is 295 g/mol. The highest BCUT2D eigenvalue weighted by atomic mass is 32.2. The van der Waals surface area contributed by atoms with Gasteiger partial charge in [0.2, 0.25) is 10.0 Å². The Morgan fingerprint density at radius 1 is 1.16 bits per heavy atom. The fourth-order valence-electron chi connectivity index (χ4n) is 1.86. The summed E-state index contributed by atoms with van der Waals surface area (Å²) in [5.74, 6) is -0.590. The maximum absolute atomic E-state index is 12.9. The van der Waals surface area contributed by atoms with E-state index in [1.165, 1.54) is 18.2 Å². The molecule has 1 aromatic carbocycles. The predicted octanol–water partition coefficient (Wildman–Crippen LogP) is 2.75. The predicted molar refractivity (Wildman–Crippen MR) is 67.3 cm³/mol. The van der Waals surface area contributed by atoms with Crippen molar-refractivity contribution in [2.45, 2.75) is 32.0 Å². The molecule has 0 fully saturated rings. The number of sulfonamides is 1. The Bertz CT molecular complexity index is 540. The topological polar surface area (TPSA) is 46.2 Å². The van der Waals surface area contributed by atoms with Gasteiger partial charge < -0.3 is 0 Å². The van der Waals surface area contributed by atoms with Gasteiger partial charge in [-0.25, -0.2) is 13.1 Å². The van der Waals surface area contributed by atoms with Crippen molar-refractivity contribution in [3.63, 3.8) is 0 Å². The van der Waals surface area contributed by atoms with E-state index in [0.29, 0.717) is 0 Å².